The first-order valence-corrected chi connectivity index (χ1v) is 14.6. The van der Waals surface area contributed by atoms with E-state index in [4.69, 9.17) is 15.6 Å². The van der Waals surface area contributed by atoms with Gasteiger partial charge >= 0.3 is 0 Å². The Labute approximate surface area is 260 Å². The molecule has 10 nitrogen and oxygen atoms in total. The van der Waals surface area contributed by atoms with Crippen LogP contribution in [-0.4, -0.2) is 35.1 Å². The van der Waals surface area contributed by atoms with Crippen molar-refractivity contribution < 1.29 is 25.1 Å². The summed E-state index contributed by atoms with van der Waals surface area (Å²) in [6.45, 7) is 5.65. The Bertz CT molecular complexity index is 1950. The number of aromatic nitrogens is 1. The van der Waals surface area contributed by atoms with Crippen molar-refractivity contribution in [3.8, 4) is 5.69 Å². The Balaban J connectivity index is 1.73. The fourth-order valence-electron chi connectivity index (χ4n) is 5.50. The zero-order chi connectivity index (χ0) is 32.2. The van der Waals surface area contributed by atoms with Crippen molar-refractivity contribution in [2.75, 3.05) is 24.0 Å². The molecule has 45 heavy (non-hydrogen) atoms. The third kappa shape index (κ3) is 6.22. The van der Waals surface area contributed by atoms with Gasteiger partial charge in [0.2, 0.25) is 0 Å². The van der Waals surface area contributed by atoms with Crippen molar-refractivity contribution in [3.05, 3.63) is 127 Å². The number of hydrogen-bond donors (Lipinski definition) is 2. The van der Waals surface area contributed by atoms with Crippen LogP contribution in [0.25, 0.3) is 17.8 Å². The Hall–Kier alpha value is -4.87. The van der Waals surface area contributed by atoms with Crippen molar-refractivity contribution in [1.82, 2.24) is 4.57 Å². The molecule has 0 aliphatic carbocycles. The van der Waals surface area contributed by atoms with Gasteiger partial charge in [-0.1, -0.05) is 49.4 Å². The minimum absolute atomic E-state index is 0.00202. The molecule has 4 aromatic rings. The van der Waals surface area contributed by atoms with Crippen molar-refractivity contribution in [3.63, 3.8) is 0 Å². The number of pyridine rings is 1. The van der Waals surface area contributed by atoms with Crippen LogP contribution in [0.1, 0.15) is 50.7 Å². The number of aryl methyl sites for hydroxylation is 2. The van der Waals surface area contributed by atoms with E-state index < -0.39 is 0 Å². The SMILES string of the molecule is CCc1c2c(n(-c3cc(C)c(COO)cc3C)c(=O)/c1=C/C=C/c1ccc(N(C)C)cc1)=NN(c1ccc(COO)cc1)C2=O. The van der Waals surface area contributed by atoms with Crippen molar-refractivity contribution >= 4 is 29.4 Å². The molecule has 0 bridgehead atoms. The summed E-state index contributed by atoms with van der Waals surface area (Å²) < 4.78 is 1.50. The molecule has 2 N–H and O–H groups in total. The summed E-state index contributed by atoms with van der Waals surface area (Å²) in [5, 5.41) is 24.3. The summed E-state index contributed by atoms with van der Waals surface area (Å²) in [5.41, 5.74) is 7.08. The van der Waals surface area contributed by atoms with Crippen molar-refractivity contribution in [1.29, 1.82) is 0 Å². The van der Waals surface area contributed by atoms with Crippen molar-refractivity contribution in [2.45, 2.75) is 40.4 Å². The van der Waals surface area contributed by atoms with Gasteiger partial charge in [-0.3, -0.25) is 24.7 Å². The van der Waals surface area contributed by atoms with Crippen LogP contribution in [0.15, 0.2) is 76.6 Å². The molecule has 0 fully saturated rings. The number of fused-ring (bicyclic) bond motifs is 1. The van der Waals surface area contributed by atoms with Gasteiger partial charge in [0.1, 0.15) is 13.2 Å². The standard InChI is InChI=1S/C35H36N4O6/c1-6-29-30(9-7-8-24-10-14-27(15-11-24)37(4)5)34(40)38(31-19-22(2)26(21-45-43)18-23(31)3)33-32(29)35(41)39(36-33)28-16-12-25(13-17-28)20-44-42/h7-19,42-43H,6,20-21H2,1-5H3/b8-7+,30-9+. The second kappa shape index (κ2) is 13.4. The smallest absolute Gasteiger partial charge is 0.282 e. The van der Waals surface area contributed by atoms with E-state index in [1.165, 1.54) is 9.58 Å². The van der Waals surface area contributed by atoms with Crippen molar-refractivity contribution in [2.24, 2.45) is 5.10 Å². The zero-order valence-electron chi connectivity index (χ0n) is 25.9. The number of rotatable bonds is 10. The summed E-state index contributed by atoms with van der Waals surface area (Å²) in [6.07, 6.45) is 5.94. The molecule has 1 aromatic heterocycles. The van der Waals surface area contributed by atoms with Gasteiger partial charge in [-0.25, -0.2) is 9.78 Å². The van der Waals surface area contributed by atoms with E-state index in [-0.39, 0.29) is 30.2 Å². The molecule has 0 saturated carbocycles. The van der Waals surface area contributed by atoms with E-state index in [2.05, 4.69) is 9.78 Å². The minimum Gasteiger partial charge on any atom is -0.378 e. The molecule has 0 atom stereocenters. The van der Waals surface area contributed by atoms with Crippen LogP contribution in [0.5, 0.6) is 0 Å². The highest BCUT2D eigenvalue weighted by molar-refractivity contribution is 6.08. The van der Waals surface area contributed by atoms with E-state index in [1.54, 1.807) is 30.3 Å². The van der Waals surface area contributed by atoms with E-state index in [0.29, 0.717) is 34.1 Å². The van der Waals surface area contributed by atoms with Gasteiger partial charge in [0, 0.05) is 25.0 Å². The van der Waals surface area contributed by atoms with Gasteiger partial charge in [0.05, 0.1) is 16.9 Å². The van der Waals surface area contributed by atoms with E-state index in [0.717, 1.165) is 33.5 Å². The van der Waals surface area contributed by atoms with Crippen LogP contribution in [0.3, 0.4) is 0 Å². The van der Waals surface area contributed by atoms with Gasteiger partial charge in [0.25, 0.3) is 11.5 Å². The van der Waals surface area contributed by atoms with Crippen LogP contribution >= 0.6 is 0 Å². The highest BCUT2D eigenvalue weighted by atomic mass is 17.1. The van der Waals surface area contributed by atoms with E-state index in [1.807, 2.05) is 88.3 Å². The molecular weight excluding hydrogens is 572 g/mol. The Morgan fingerprint density at radius 3 is 2.22 bits per heavy atom. The highest BCUT2D eigenvalue weighted by Crippen LogP contribution is 2.24. The topological polar surface area (TPSA) is 117 Å². The van der Waals surface area contributed by atoms with Crippen LogP contribution in [0.2, 0.25) is 0 Å². The first kappa shape index (κ1) is 31.6. The predicted molar refractivity (Wildman–Crippen MR) is 174 cm³/mol. The molecule has 3 aromatic carbocycles. The third-order valence-corrected chi connectivity index (χ3v) is 7.94. The van der Waals surface area contributed by atoms with Crippen LogP contribution < -0.4 is 26.2 Å². The van der Waals surface area contributed by atoms with Gasteiger partial charge in [-0.05, 0) is 90.1 Å². The summed E-state index contributed by atoms with van der Waals surface area (Å²) in [7, 11) is 3.97. The van der Waals surface area contributed by atoms with Gasteiger partial charge < -0.3 is 4.90 Å². The summed E-state index contributed by atoms with van der Waals surface area (Å²) >= 11 is 0. The number of nitrogens with zero attached hydrogens (tertiary/aromatic N) is 4. The fraction of sp³-hybridized carbons (Fsp3) is 0.229. The predicted octanol–water partition coefficient (Wildman–Crippen LogP) is 4.75. The Morgan fingerprint density at radius 2 is 1.60 bits per heavy atom. The molecule has 1 aliphatic rings. The van der Waals surface area contributed by atoms with Crippen LogP contribution in [0.4, 0.5) is 11.4 Å². The van der Waals surface area contributed by atoms with Crippen LogP contribution in [0, 0.1) is 13.8 Å². The molecule has 0 saturated heterocycles. The molecule has 0 unspecified atom stereocenters. The average molecular weight is 609 g/mol. The number of amides is 1. The quantitative estimate of drug-likeness (QED) is 0.197. The number of carbonyl (C=O) groups is 1. The number of carbonyl (C=O) groups excluding carboxylic acids is 1. The maximum absolute atomic E-state index is 14.4. The molecule has 2 heterocycles. The first-order chi connectivity index (χ1) is 21.7. The third-order valence-electron chi connectivity index (χ3n) is 7.94. The molecule has 0 spiro atoms. The number of benzene rings is 3. The molecule has 0 radical (unpaired) electrons. The van der Waals surface area contributed by atoms with Crippen LogP contribution in [-0.2, 0) is 29.4 Å². The Morgan fingerprint density at radius 1 is 0.911 bits per heavy atom. The summed E-state index contributed by atoms with van der Waals surface area (Å²) in [4.78, 5) is 39.1. The molecule has 232 valence electrons. The fourth-order valence-corrected chi connectivity index (χ4v) is 5.50. The lowest BCUT2D eigenvalue weighted by molar-refractivity contribution is -0.253. The largest absolute Gasteiger partial charge is 0.378 e. The number of anilines is 2. The lowest BCUT2D eigenvalue weighted by atomic mass is 10.0. The second-order valence-corrected chi connectivity index (χ2v) is 11.1. The zero-order valence-corrected chi connectivity index (χ0v) is 25.9. The number of hydrogen-bond acceptors (Lipinski definition) is 8. The Kier molecular flexibility index (Phi) is 9.40. The normalized spacial score (nSPS) is 13.1. The minimum atomic E-state index is -0.348. The monoisotopic (exact) mass is 608 g/mol. The van der Waals surface area contributed by atoms with E-state index in [9.17, 15) is 9.59 Å². The summed E-state index contributed by atoms with van der Waals surface area (Å²) in [6, 6.07) is 18.6. The highest BCUT2D eigenvalue weighted by Gasteiger charge is 2.32. The molecule has 5 rings (SSSR count). The van der Waals surface area contributed by atoms with Gasteiger partial charge in [-0.15, -0.1) is 5.10 Å². The molecule has 1 amide bonds. The van der Waals surface area contributed by atoms with Gasteiger partial charge in [0.15, 0.2) is 5.49 Å². The van der Waals surface area contributed by atoms with E-state index >= 15 is 0 Å². The first-order valence-electron chi connectivity index (χ1n) is 14.6. The maximum atomic E-state index is 14.4. The number of allylic oxidation sites excluding steroid dienone is 1. The lowest BCUT2D eigenvalue weighted by Gasteiger charge is -2.15. The second-order valence-electron chi connectivity index (χ2n) is 11.1. The summed E-state index contributed by atoms with van der Waals surface area (Å²) in [5.74, 6) is -0.348. The van der Waals surface area contributed by atoms with Gasteiger partial charge in [-0.2, -0.15) is 5.01 Å². The lowest BCUT2D eigenvalue weighted by Crippen LogP contribution is -2.46. The molecule has 10 heteroatoms. The maximum Gasteiger partial charge on any atom is 0.282 e. The molecular formula is C35H36N4O6. The average Bonchev–Trinajstić information content (AvgIpc) is 3.36. The molecule has 1 aliphatic heterocycles.